The van der Waals surface area contributed by atoms with Crippen LogP contribution in [0.15, 0.2) is 4.34 Å². The second-order valence-corrected chi connectivity index (χ2v) is 10.2. The third kappa shape index (κ3) is 2.46. The number of aryl methyl sites for hydroxylation is 1. The van der Waals surface area contributed by atoms with Crippen LogP contribution in [-0.2, 0) is 4.79 Å². The lowest BCUT2D eigenvalue weighted by atomic mass is 9.48. The Hall–Kier alpha value is -0.420. The van der Waals surface area contributed by atoms with Gasteiger partial charge < -0.3 is 0 Å². The van der Waals surface area contributed by atoms with Crippen molar-refractivity contribution >= 4 is 28.9 Å². The fraction of sp³-hybridized carbons (Fsp3) is 0.812. The molecule has 1 aromatic heterocycles. The van der Waals surface area contributed by atoms with Crippen LogP contribution >= 0.6 is 23.1 Å². The summed E-state index contributed by atoms with van der Waals surface area (Å²) < 4.78 is 0.943. The molecule has 5 heteroatoms. The maximum Gasteiger partial charge on any atom is 0.174 e. The SMILES string of the molecule is Cc1nnc(SC(C)C(=O)C23CC4CC(CC(C4)C2)C3)s1. The van der Waals surface area contributed by atoms with Gasteiger partial charge >= 0.3 is 0 Å². The molecule has 4 aliphatic carbocycles. The fourth-order valence-electron chi connectivity index (χ4n) is 5.37. The van der Waals surface area contributed by atoms with Gasteiger partial charge in [0.2, 0.25) is 0 Å². The molecule has 0 radical (unpaired) electrons. The summed E-state index contributed by atoms with van der Waals surface area (Å²) >= 11 is 3.22. The molecule has 0 aliphatic heterocycles. The molecule has 4 bridgehead atoms. The second-order valence-electron chi connectivity index (χ2n) is 7.41. The van der Waals surface area contributed by atoms with E-state index in [9.17, 15) is 4.79 Å². The highest BCUT2D eigenvalue weighted by Gasteiger charge is 2.55. The first-order valence-corrected chi connectivity index (χ1v) is 9.75. The van der Waals surface area contributed by atoms with Gasteiger partial charge in [0.15, 0.2) is 10.1 Å². The van der Waals surface area contributed by atoms with Gasteiger partial charge in [-0.2, -0.15) is 0 Å². The third-order valence-corrected chi connectivity index (χ3v) is 7.74. The van der Waals surface area contributed by atoms with Gasteiger partial charge in [-0.05, 0) is 70.1 Å². The molecule has 0 saturated heterocycles. The number of hydrogen-bond donors (Lipinski definition) is 0. The van der Waals surface area contributed by atoms with E-state index in [0.717, 1.165) is 27.1 Å². The Bertz CT molecular complexity index is 533. The van der Waals surface area contributed by atoms with E-state index in [0.29, 0.717) is 5.78 Å². The summed E-state index contributed by atoms with van der Waals surface area (Å²) in [4.78, 5) is 13.1. The molecule has 0 spiro atoms. The van der Waals surface area contributed by atoms with E-state index in [1.807, 2.05) is 6.92 Å². The standard InChI is InChI=1S/C16H22N2OS2/c1-9(20-15-18-17-10(2)21-15)14(19)16-6-11-3-12(7-16)5-13(4-11)8-16/h9,11-13H,3-8H2,1-2H3. The molecule has 1 aromatic rings. The van der Waals surface area contributed by atoms with Crippen molar-refractivity contribution in [3.8, 4) is 0 Å². The van der Waals surface area contributed by atoms with Gasteiger partial charge in [-0.15, -0.1) is 10.2 Å². The van der Waals surface area contributed by atoms with Gasteiger partial charge in [-0.25, -0.2) is 0 Å². The summed E-state index contributed by atoms with van der Waals surface area (Å²) in [5.41, 5.74) is 0.0148. The molecular weight excluding hydrogens is 300 g/mol. The molecule has 5 rings (SSSR count). The molecule has 4 aliphatic rings. The number of carbonyl (C=O) groups excluding carboxylic acids is 1. The van der Waals surface area contributed by atoms with Crippen LogP contribution in [0.3, 0.4) is 0 Å². The van der Waals surface area contributed by atoms with Gasteiger partial charge in [0.25, 0.3) is 0 Å². The summed E-state index contributed by atoms with van der Waals surface area (Å²) in [5, 5.41) is 9.22. The van der Waals surface area contributed by atoms with Crippen LogP contribution in [0.4, 0.5) is 0 Å². The topological polar surface area (TPSA) is 42.9 Å². The van der Waals surface area contributed by atoms with Crippen molar-refractivity contribution in [3.63, 3.8) is 0 Å². The van der Waals surface area contributed by atoms with Gasteiger partial charge in [0.1, 0.15) is 5.01 Å². The largest absolute Gasteiger partial charge is 0.298 e. The van der Waals surface area contributed by atoms with E-state index < -0.39 is 0 Å². The van der Waals surface area contributed by atoms with Crippen LogP contribution in [-0.4, -0.2) is 21.2 Å². The highest BCUT2D eigenvalue weighted by molar-refractivity contribution is 8.02. The van der Waals surface area contributed by atoms with Crippen molar-refractivity contribution in [2.45, 2.75) is 62.0 Å². The average molecular weight is 322 g/mol. The van der Waals surface area contributed by atoms with Crippen LogP contribution < -0.4 is 0 Å². The van der Waals surface area contributed by atoms with Crippen LogP contribution in [0.5, 0.6) is 0 Å². The minimum Gasteiger partial charge on any atom is -0.298 e. The van der Waals surface area contributed by atoms with E-state index in [-0.39, 0.29) is 10.7 Å². The Labute approximate surface area is 134 Å². The van der Waals surface area contributed by atoms with Crippen molar-refractivity contribution in [1.29, 1.82) is 0 Å². The van der Waals surface area contributed by atoms with E-state index in [1.165, 1.54) is 38.5 Å². The normalized spacial score (nSPS) is 38.7. The zero-order valence-corrected chi connectivity index (χ0v) is 14.3. The van der Waals surface area contributed by atoms with E-state index >= 15 is 0 Å². The summed E-state index contributed by atoms with van der Waals surface area (Å²) in [6.07, 6.45) is 7.67. The van der Waals surface area contributed by atoms with E-state index in [1.54, 1.807) is 23.1 Å². The minimum atomic E-state index is 0.0148. The highest BCUT2D eigenvalue weighted by Crippen LogP contribution is 2.61. The lowest BCUT2D eigenvalue weighted by molar-refractivity contribution is -0.142. The average Bonchev–Trinajstić information content (AvgIpc) is 2.81. The molecule has 3 nitrogen and oxygen atoms in total. The molecule has 21 heavy (non-hydrogen) atoms. The first kappa shape index (κ1) is 14.2. The first-order chi connectivity index (χ1) is 10.0. The number of nitrogens with zero attached hydrogens (tertiary/aromatic N) is 2. The third-order valence-electron chi connectivity index (χ3n) is 5.72. The molecule has 1 atom stereocenters. The summed E-state index contributed by atoms with van der Waals surface area (Å²) in [7, 11) is 0. The van der Waals surface area contributed by atoms with Gasteiger partial charge in [-0.1, -0.05) is 23.1 Å². The lowest BCUT2D eigenvalue weighted by Gasteiger charge is -2.56. The van der Waals surface area contributed by atoms with E-state index in [2.05, 4.69) is 17.1 Å². The number of thioether (sulfide) groups is 1. The van der Waals surface area contributed by atoms with Crippen molar-refractivity contribution in [1.82, 2.24) is 10.2 Å². The number of rotatable bonds is 4. The first-order valence-electron chi connectivity index (χ1n) is 8.05. The van der Waals surface area contributed by atoms with Crippen LogP contribution in [0.2, 0.25) is 0 Å². The maximum absolute atomic E-state index is 13.1. The monoisotopic (exact) mass is 322 g/mol. The molecule has 4 fully saturated rings. The van der Waals surface area contributed by atoms with Crippen LogP contribution in [0.25, 0.3) is 0 Å². The Morgan fingerprint density at radius 3 is 2.24 bits per heavy atom. The number of aromatic nitrogens is 2. The van der Waals surface area contributed by atoms with Crippen LogP contribution in [0, 0.1) is 30.1 Å². The Morgan fingerprint density at radius 2 is 1.76 bits per heavy atom. The number of ketones is 1. The lowest BCUT2D eigenvalue weighted by Crippen LogP contribution is -2.51. The van der Waals surface area contributed by atoms with Crippen molar-refractivity contribution in [2.75, 3.05) is 0 Å². The number of Topliss-reactive ketones (excluding diaryl/α,β-unsaturated/α-hetero) is 1. The van der Waals surface area contributed by atoms with Gasteiger partial charge in [0.05, 0.1) is 5.25 Å². The van der Waals surface area contributed by atoms with Gasteiger partial charge in [-0.3, -0.25) is 4.79 Å². The minimum absolute atomic E-state index is 0.0148. The second kappa shape index (κ2) is 5.05. The maximum atomic E-state index is 13.1. The highest BCUT2D eigenvalue weighted by atomic mass is 32.2. The molecule has 0 N–H and O–H groups in total. The van der Waals surface area contributed by atoms with E-state index in [4.69, 9.17) is 0 Å². The Kier molecular flexibility index (Phi) is 3.41. The fourth-order valence-corrected chi connectivity index (χ4v) is 7.53. The van der Waals surface area contributed by atoms with Gasteiger partial charge in [0, 0.05) is 5.41 Å². The number of carbonyl (C=O) groups is 1. The predicted octanol–water partition coefficient (Wildman–Crippen LogP) is 4.11. The molecule has 4 saturated carbocycles. The van der Waals surface area contributed by atoms with Crippen molar-refractivity contribution < 1.29 is 4.79 Å². The summed E-state index contributed by atoms with van der Waals surface area (Å²) in [6, 6.07) is 0. The molecule has 114 valence electrons. The predicted molar refractivity (Wildman–Crippen MR) is 85.6 cm³/mol. The Morgan fingerprint density at radius 1 is 1.19 bits per heavy atom. The molecule has 0 amide bonds. The Balaban J connectivity index is 1.51. The quantitative estimate of drug-likeness (QED) is 0.782. The zero-order valence-electron chi connectivity index (χ0n) is 12.7. The molecule has 0 aromatic carbocycles. The smallest absolute Gasteiger partial charge is 0.174 e. The number of hydrogen-bond acceptors (Lipinski definition) is 5. The molecule has 1 unspecified atom stereocenters. The summed E-state index contributed by atoms with van der Waals surface area (Å²) in [6.45, 7) is 4.04. The van der Waals surface area contributed by atoms with Crippen molar-refractivity contribution in [3.05, 3.63) is 5.01 Å². The van der Waals surface area contributed by atoms with Crippen molar-refractivity contribution in [2.24, 2.45) is 23.2 Å². The molecule has 1 heterocycles. The van der Waals surface area contributed by atoms with Crippen LogP contribution in [0.1, 0.15) is 50.5 Å². The summed E-state index contributed by atoms with van der Waals surface area (Å²) in [5.74, 6) is 3.00. The zero-order chi connectivity index (χ0) is 14.6. The molecular formula is C16H22N2OS2.